The quantitative estimate of drug-likeness (QED) is 0.860. The second-order valence-electron chi connectivity index (χ2n) is 5.35. The molecule has 0 bridgehead atoms. The number of benzene rings is 2. The van der Waals surface area contributed by atoms with E-state index in [0.29, 0.717) is 0 Å². The molecule has 0 radical (unpaired) electrons. The topological polar surface area (TPSA) is 29.1 Å². The monoisotopic (exact) mass is 265 g/mol. The molecule has 1 saturated heterocycles. The van der Waals surface area contributed by atoms with Crippen molar-refractivity contribution < 1.29 is 4.79 Å². The van der Waals surface area contributed by atoms with Gasteiger partial charge in [0.15, 0.2) is 5.78 Å². The van der Waals surface area contributed by atoms with E-state index in [1.807, 2.05) is 42.5 Å². The molecule has 0 aromatic heterocycles. The van der Waals surface area contributed by atoms with Crippen LogP contribution in [0.25, 0.3) is 11.1 Å². The highest BCUT2D eigenvalue weighted by Gasteiger charge is 2.21. The fourth-order valence-electron chi connectivity index (χ4n) is 2.77. The van der Waals surface area contributed by atoms with Crippen molar-refractivity contribution in [3.63, 3.8) is 0 Å². The number of carbonyl (C=O) groups excluding carboxylic acids is 1. The third-order valence-corrected chi connectivity index (χ3v) is 3.94. The van der Waals surface area contributed by atoms with Crippen LogP contribution in [0.1, 0.15) is 23.2 Å². The van der Waals surface area contributed by atoms with Crippen LogP contribution in [0.15, 0.2) is 54.6 Å². The van der Waals surface area contributed by atoms with Crippen molar-refractivity contribution in [2.45, 2.75) is 12.8 Å². The Morgan fingerprint density at radius 3 is 2.30 bits per heavy atom. The maximum Gasteiger partial charge on any atom is 0.167 e. The minimum Gasteiger partial charge on any atom is -0.316 e. The van der Waals surface area contributed by atoms with Gasteiger partial charge in [-0.25, -0.2) is 0 Å². The standard InChI is InChI=1S/C18H19NO/c20-18(17-7-4-12-19-13-17)16-10-8-15(9-11-16)14-5-2-1-3-6-14/h1-3,5-6,8-11,17,19H,4,7,12-13H2/t17-/m0/s1. The molecule has 2 aromatic carbocycles. The third-order valence-electron chi connectivity index (χ3n) is 3.94. The molecule has 0 spiro atoms. The van der Waals surface area contributed by atoms with E-state index in [4.69, 9.17) is 0 Å². The van der Waals surface area contributed by atoms with Crippen molar-refractivity contribution in [2.75, 3.05) is 13.1 Å². The van der Waals surface area contributed by atoms with E-state index in [-0.39, 0.29) is 11.7 Å². The molecule has 2 aromatic rings. The Kier molecular flexibility index (Phi) is 3.93. The van der Waals surface area contributed by atoms with Crippen LogP contribution in [0.2, 0.25) is 0 Å². The van der Waals surface area contributed by atoms with E-state index in [1.165, 1.54) is 5.56 Å². The van der Waals surface area contributed by atoms with Gasteiger partial charge < -0.3 is 5.32 Å². The predicted octanol–water partition coefficient (Wildman–Crippen LogP) is 3.54. The minimum atomic E-state index is 0.145. The van der Waals surface area contributed by atoms with Gasteiger partial charge in [-0.05, 0) is 30.5 Å². The first kappa shape index (κ1) is 13.1. The van der Waals surface area contributed by atoms with E-state index < -0.39 is 0 Å². The second kappa shape index (κ2) is 6.02. The highest BCUT2D eigenvalue weighted by atomic mass is 16.1. The van der Waals surface area contributed by atoms with Gasteiger partial charge >= 0.3 is 0 Å². The molecule has 2 nitrogen and oxygen atoms in total. The third kappa shape index (κ3) is 2.81. The van der Waals surface area contributed by atoms with Crippen molar-refractivity contribution >= 4 is 5.78 Å². The molecule has 0 saturated carbocycles. The van der Waals surface area contributed by atoms with E-state index in [1.54, 1.807) is 0 Å². The number of hydrogen-bond donors (Lipinski definition) is 1. The molecular weight excluding hydrogens is 246 g/mol. The zero-order valence-corrected chi connectivity index (χ0v) is 11.5. The Morgan fingerprint density at radius 1 is 0.950 bits per heavy atom. The number of rotatable bonds is 3. The van der Waals surface area contributed by atoms with E-state index in [9.17, 15) is 4.79 Å². The summed E-state index contributed by atoms with van der Waals surface area (Å²) in [5.41, 5.74) is 3.17. The summed E-state index contributed by atoms with van der Waals surface area (Å²) in [6.07, 6.45) is 2.10. The fourth-order valence-corrected chi connectivity index (χ4v) is 2.77. The number of ketones is 1. The largest absolute Gasteiger partial charge is 0.316 e. The van der Waals surface area contributed by atoms with Crippen molar-refractivity contribution in [1.29, 1.82) is 0 Å². The summed E-state index contributed by atoms with van der Waals surface area (Å²) in [7, 11) is 0. The maximum atomic E-state index is 12.4. The first-order valence-corrected chi connectivity index (χ1v) is 7.25. The number of carbonyl (C=O) groups is 1. The average Bonchev–Trinajstić information content (AvgIpc) is 2.56. The first-order valence-electron chi connectivity index (χ1n) is 7.25. The highest BCUT2D eigenvalue weighted by Crippen LogP contribution is 2.22. The molecule has 0 unspecified atom stereocenters. The Hall–Kier alpha value is -1.93. The summed E-state index contributed by atoms with van der Waals surface area (Å²) in [4.78, 5) is 12.4. The lowest BCUT2D eigenvalue weighted by atomic mass is 9.90. The van der Waals surface area contributed by atoms with Crippen LogP contribution in [0.5, 0.6) is 0 Å². The number of hydrogen-bond acceptors (Lipinski definition) is 2. The lowest BCUT2D eigenvalue weighted by molar-refractivity contribution is 0.0899. The van der Waals surface area contributed by atoms with Gasteiger partial charge in [-0.1, -0.05) is 54.6 Å². The zero-order valence-electron chi connectivity index (χ0n) is 11.5. The van der Waals surface area contributed by atoms with E-state index in [0.717, 1.165) is 37.1 Å². The summed E-state index contributed by atoms with van der Waals surface area (Å²) < 4.78 is 0. The molecular formula is C18H19NO. The van der Waals surface area contributed by atoms with E-state index in [2.05, 4.69) is 17.4 Å². The van der Waals surface area contributed by atoms with Gasteiger partial charge in [0.25, 0.3) is 0 Å². The second-order valence-corrected chi connectivity index (χ2v) is 5.35. The molecule has 1 aliphatic heterocycles. The fraction of sp³-hybridized carbons (Fsp3) is 0.278. The maximum absolute atomic E-state index is 12.4. The number of piperidine rings is 1. The molecule has 102 valence electrons. The lowest BCUT2D eigenvalue weighted by Crippen LogP contribution is -2.34. The van der Waals surface area contributed by atoms with Crippen LogP contribution in [0, 0.1) is 5.92 Å². The predicted molar refractivity (Wildman–Crippen MR) is 81.8 cm³/mol. The SMILES string of the molecule is O=C(c1ccc(-c2ccccc2)cc1)[C@H]1CCCNC1. The van der Waals surface area contributed by atoms with Crippen molar-refractivity contribution in [3.05, 3.63) is 60.2 Å². The van der Waals surface area contributed by atoms with Gasteiger partial charge in [-0.3, -0.25) is 4.79 Å². The Bertz CT molecular complexity index is 568. The molecule has 0 amide bonds. The summed E-state index contributed by atoms with van der Waals surface area (Å²) in [6.45, 7) is 1.86. The molecule has 1 N–H and O–H groups in total. The van der Waals surface area contributed by atoms with Gasteiger partial charge in [-0.15, -0.1) is 0 Å². The van der Waals surface area contributed by atoms with E-state index >= 15 is 0 Å². The first-order chi connectivity index (χ1) is 9.84. The summed E-state index contributed by atoms with van der Waals surface area (Å²) in [5, 5.41) is 3.30. The number of Topliss-reactive ketones (excluding diaryl/α,β-unsaturated/α-hetero) is 1. The average molecular weight is 265 g/mol. The normalized spacial score (nSPS) is 18.7. The molecule has 1 heterocycles. The van der Waals surface area contributed by atoms with Crippen LogP contribution < -0.4 is 5.32 Å². The number of nitrogens with one attached hydrogen (secondary N) is 1. The van der Waals surface area contributed by atoms with Crippen molar-refractivity contribution in [2.24, 2.45) is 5.92 Å². The molecule has 3 rings (SSSR count). The molecule has 1 fully saturated rings. The molecule has 1 aliphatic rings. The summed E-state index contributed by atoms with van der Waals surface area (Å²) >= 11 is 0. The zero-order chi connectivity index (χ0) is 13.8. The van der Waals surface area contributed by atoms with Gasteiger partial charge in [0, 0.05) is 18.0 Å². The van der Waals surface area contributed by atoms with Crippen LogP contribution in [0.3, 0.4) is 0 Å². The van der Waals surface area contributed by atoms with Crippen LogP contribution in [-0.4, -0.2) is 18.9 Å². The van der Waals surface area contributed by atoms with Crippen molar-refractivity contribution in [1.82, 2.24) is 5.32 Å². The van der Waals surface area contributed by atoms with Crippen LogP contribution in [-0.2, 0) is 0 Å². The molecule has 1 atom stereocenters. The summed E-state index contributed by atoms with van der Waals surface area (Å²) in [5.74, 6) is 0.420. The highest BCUT2D eigenvalue weighted by molar-refractivity contribution is 5.98. The van der Waals surface area contributed by atoms with Gasteiger partial charge in [0.1, 0.15) is 0 Å². The van der Waals surface area contributed by atoms with Gasteiger partial charge in [0.05, 0.1) is 0 Å². The smallest absolute Gasteiger partial charge is 0.167 e. The van der Waals surface area contributed by atoms with Crippen molar-refractivity contribution in [3.8, 4) is 11.1 Å². The molecule has 0 aliphatic carbocycles. The Balaban J connectivity index is 1.77. The van der Waals surface area contributed by atoms with Crippen LogP contribution in [0.4, 0.5) is 0 Å². The van der Waals surface area contributed by atoms with Gasteiger partial charge in [0.2, 0.25) is 0 Å². The lowest BCUT2D eigenvalue weighted by Gasteiger charge is -2.21. The Labute approximate surface area is 119 Å². The Morgan fingerprint density at radius 2 is 1.65 bits per heavy atom. The van der Waals surface area contributed by atoms with Crippen LogP contribution >= 0.6 is 0 Å². The minimum absolute atomic E-state index is 0.145. The molecule has 20 heavy (non-hydrogen) atoms. The van der Waals surface area contributed by atoms with Gasteiger partial charge in [-0.2, -0.15) is 0 Å². The molecule has 2 heteroatoms. The summed E-state index contributed by atoms with van der Waals surface area (Å²) in [6, 6.07) is 18.2.